The number of carbonyl (C=O) groups excluding carboxylic acids is 1. The zero-order valence-corrected chi connectivity index (χ0v) is 16.4. The number of hydrogen-bond acceptors (Lipinski definition) is 3. The summed E-state index contributed by atoms with van der Waals surface area (Å²) >= 11 is 0. The minimum absolute atomic E-state index is 0.0131. The van der Waals surface area contributed by atoms with E-state index in [-0.39, 0.29) is 22.9 Å². The molecule has 1 N–H and O–H groups in total. The predicted molar refractivity (Wildman–Crippen MR) is 103 cm³/mol. The lowest BCUT2D eigenvalue weighted by atomic mass is 10.0. The number of benzene rings is 2. The summed E-state index contributed by atoms with van der Waals surface area (Å²) in [5.41, 5.74) is -3.58. The number of H-pyrrole nitrogens is 1. The summed E-state index contributed by atoms with van der Waals surface area (Å²) in [6.45, 7) is -0.565. The maximum absolute atomic E-state index is 13.1. The topological polar surface area (TPSA) is 66.1 Å². The van der Waals surface area contributed by atoms with Gasteiger partial charge in [-0.3, -0.25) is 4.79 Å². The number of amides is 1. The van der Waals surface area contributed by atoms with Gasteiger partial charge in [0.05, 0.1) is 11.1 Å². The third kappa shape index (κ3) is 5.16. The Labute approximate surface area is 177 Å². The van der Waals surface area contributed by atoms with E-state index in [0.29, 0.717) is 17.7 Å². The van der Waals surface area contributed by atoms with Crippen molar-refractivity contribution in [2.24, 2.45) is 0 Å². The van der Waals surface area contributed by atoms with Crippen molar-refractivity contribution in [2.75, 3.05) is 7.05 Å². The summed E-state index contributed by atoms with van der Waals surface area (Å²) < 4.78 is 78.5. The first-order valence-corrected chi connectivity index (χ1v) is 9.05. The van der Waals surface area contributed by atoms with Crippen molar-refractivity contribution in [1.29, 1.82) is 0 Å². The van der Waals surface area contributed by atoms with Crippen LogP contribution in [0, 0.1) is 0 Å². The summed E-state index contributed by atoms with van der Waals surface area (Å²) in [4.78, 5) is 31.4. The Balaban J connectivity index is 1.98. The Hall–Kier alpha value is -3.63. The van der Waals surface area contributed by atoms with Crippen LogP contribution in [0.15, 0.2) is 59.5 Å². The van der Waals surface area contributed by atoms with Gasteiger partial charge < -0.3 is 9.88 Å². The first-order chi connectivity index (χ1) is 14.9. The molecule has 0 aliphatic heterocycles. The molecule has 0 fully saturated rings. The van der Waals surface area contributed by atoms with Gasteiger partial charge in [-0.05, 0) is 29.3 Å². The number of hydrogen-bond donors (Lipinski definition) is 1. The van der Waals surface area contributed by atoms with E-state index >= 15 is 0 Å². The summed E-state index contributed by atoms with van der Waals surface area (Å²) in [5, 5.41) is 0. The molecule has 1 aromatic heterocycles. The Morgan fingerprint density at radius 3 is 2.06 bits per heavy atom. The van der Waals surface area contributed by atoms with Crippen LogP contribution in [-0.2, 0) is 18.9 Å². The Morgan fingerprint density at radius 2 is 1.53 bits per heavy atom. The standard InChI is InChI=1S/C21H15F6N3O2/c1-30(11-12-7-14(20(22,23)24)9-15(8-12)21(25,26)27)18(31)17-16(10-28-19(32)29-17)13-5-3-2-4-6-13/h2-10H,11H2,1H3,(H,28,29,32). The summed E-state index contributed by atoms with van der Waals surface area (Å²) in [6.07, 6.45) is -8.84. The summed E-state index contributed by atoms with van der Waals surface area (Å²) in [6, 6.07) is 9.49. The molecule has 0 aliphatic rings. The highest BCUT2D eigenvalue weighted by molar-refractivity contribution is 5.98. The largest absolute Gasteiger partial charge is 0.416 e. The fourth-order valence-electron chi connectivity index (χ4n) is 3.05. The van der Waals surface area contributed by atoms with Crippen LogP contribution in [0.1, 0.15) is 27.2 Å². The second kappa shape index (κ2) is 8.48. The van der Waals surface area contributed by atoms with Crippen LogP contribution in [0.2, 0.25) is 0 Å². The average Bonchev–Trinajstić information content (AvgIpc) is 2.72. The highest BCUT2D eigenvalue weighted by Crippen LogP contribution is 2.36. The van der Waals surface area contributed by atoms with Gasteiger partial charge in [0.2, 0.25) is 0 Å². The fraction of sp³-hybridized carbons (Fsp3) is 0.190. The van der Waals surface area contributed by atoms with Gasteiger partial charge in [-0.1, -0.05) is 30.3 Å². The maximum Gasteiger partial charge on any atom is 0.416 e. The zero-order chi connectivity index (χ0) is 23.7. The molecule has 1 heterocycles. The van der Waals surface area contributed by atoms with Gasteiger partial charge in [0, 0.05) is 25.4 Å². The number of alkyl halides is 6. The Bertz CT molecular complexity index is 1150. The predicted octanol–water partition coefficient (Wildman–Crippen LogP) is 4.75. The van der Waals surface area contributed by atoms with Crippen LogP contribution in [0.25, 0.3) is 11.1 Å². The van der Waals surface area contributed by atoms with Crippen molar-refractivity contribution in [3.8, 4) is 11.1 Å². The van der Waals surface area contributed by atoms with Crippen molar-refractivity contribution in [3.05, 3.63) is 87.6 Å². The van der Waals surface area contributed by atoms with E-state index < -0.39 is 41.6 Å². The van der Waals surface area contributed by atoms with Crippen molar-refractivity contribution in [1.82, 2.24) is 14.9 Å². The van der Waals surface area contributed by atoms with Crippen LogP contribution in [-0.4, -0.2) is 27.8 Å². The first-order valence-electron chi connectivity index (χ1n) is 9.05. The molecule has 0 unspecified atom stereocenters. The molecule has 0 bridgehead atoms. The fourth-order valence-corrected chi connectivity index (χ4v) is 3.05. The molecule has 32 heavy (non-hydrogen) atoms. The highest BCUT2D eigenvalue weighted by Gasteiger charge is 2.37. The molecular weight excluding hydrogens is 440 g/mol. The lowest BCUT2D eigenvalue weighted by Gasteiger charge is -2.20. The number of halogens is 6. The molecule has 0 spiro atoms. The maximum atomic E-state index is 13.1. The lowest BCUT2D eigenvalue weighted by molar-refractivity contribution is -0.143. The molecule has 0 radical (unpaired) electrons. The van der Waals surface area contributed by atoms with E-state index in [0.717, 1.165) is 4.90 Å². The molecule has 11 heteroatoms. The number of aromatic amines is 1. The number of nitrogens with zero attached hydrogens (tertiary/aromatic N) is 2. The number of aromatic nitrogens is 2. The van der Waals surface area contributed by atoms with Crippen molar-refractivity contribution in [2.45, 2.75) is 18.9 Å². The third-order valence-electron chi connectivity index (χ3n) is 4.52. The first kappa shape index (κ1) is 23.0. The van der Waals surface area contributed by atoms with Crippen molar-refractivity contribution in [3.63, 3.8) is 0 Å². The van der Waals surface area contributed by atoms with E-state index in [1.54, 1.807) is 30.3 Å². The molecular formula is C21H15F6N3O2. The van der Waals surface area contributed by atoms with Crippen LogP contribution in [0.4, 0.5) is 26.3 Å². The van der Waals surface area contributed by atoms with Gasteiger partial charge in [-0.25, -0.2) is 9.78 Å². The van der Waals surface area contributed by atoms with E-state index in [2.05, 4.69) is 9.97 Å². The van der Waals surface area contributed by atoms with Crippen molar-refractivity contribution < 1.29 is 31.1 Å². The second-order valence-electron chi connectivity index (χ2n) is 6.92. The van der Waals surface area contributed by atoms with Crippen molar-refractivity contribution >= 4 is 5.91 Å². The van der Waals surface area contributed by atoms with E-state index in [4.69, 9.17) is 0 Å². The second-order valence-corrected chi connectivity index (χ2v) is 6.92. The Morgan fingerprint density at radius 1 is 0.969 bits per heavy atom. The Kier molecular flexibility index (Phi) is 6.11. The van der Waals surface area contributed by atoms with Gasteiger partial charge in [0.1, 0.15) is 5.69 Å². The highest BCUT2D eigenvalue weighted by atomic mass is 19.4. The SMILES string of the molecule is CN(Cc1cc(C(F)(F)F)cc(C(F)(F)F)c1)C(=O)c1[nH]c(=O)ncc1-c1ccccc1. The normalized spacial score (nSPS) is 12.0. The molecule has 2 aromatic carbocycles. The molecule has 0 saturated heterocycles. The van der Waals surface area contributed by atoms with E-state index in [1.807, 2.05) is 0 Å². The average molecular weight is 455 g/mol. The van der Waals surface area contributed by atoms with Crippen LogP contribution >= 0.6 is 0 Å². The minimum atomic E-state index is -5.00. The van der Waals surface area contributed by atoms with E-state index in [1.165, 1.54) is 13.2 Å². The third-order valence-corrected chi connectivity index (χ3v) is 4.52. The monoisotopic (exact) mass is 455 g/mol. The molecule has 1 amide bonds. The summed E-state index contributed by atoms with van der Waals surface area (Å²) in [7, 11) is 1.20. The molecule has 3 rings (SSSR count). The quantitative estimate of drug-likeness (QED) is 0.578. The molecule has 0 saturated carbocycles. The lowest BCUT2D eigenvalue weighted by Crippen LogP contribution is -2.30. The number of rotatable bonds is 4. The van der Waals surface area contributed by atoms with Crippen LogP contribution in [0.3, 0.4) is 0 Å². The minimum Gasteiger partial charge on any atom is -0.336 e. The zero-order valence-electron chi connectivity index (χ0n) is 16.4. The smallest absolute Gasteiger partial charge is 0.336 e. The van der Waals surface area contributed by atoms with Crippen LogP contribution in [0.5, 0.6) is 0 Å². The van der Waals surface area contributed by atoms with E-state index in [9.17, 15) is 35.9 Å². The summed E-state index contributed by atoms with van der Waals surface area (Å²) in [5.74, 6) is -0.811. The number of carbonyl (C=O) groups is 1. The molecule has 0 aliphatic carbocycles. The van der Waals surface area contributed by atoms with Gasteiger partial charge in [0.25, 0.3) is 5.91 Å². The molecule has 3 aromatic rings. The number of nitrogens with one attached hydrogen (secondary N) is 1. The molecule has 168 valence electrons. The van der Waals surface area contributed by atoms with Gasteiger partial charge in [0.15, 0.2) is 0 Å². The van der Waals surface area contributed by atoms with Gasteiger partial charge in [-0.2, -0.15) is 26.3 Å². The van der Waals surface area contributed by atoms with Crippen LogP contribution < -0.4 is 5.69 Å². The molecule has 0 atom stereocenters. The van der Waals surface area contributed by atoms with Gasteiger partial charge >= 0.3 is 18.0 Å². The molecule has 5 nitrogen and oxygen atoms in total. The van der Waals surface area contributed by atoms with Gasteiger partial charge in [-0.15, -0.1) is 0 Å².